The van der Waals surface area contributed by atoms with Gasteiger partial charge in [-0.2, -0.15) is 0 Å². The SMILES string of the molecule is Cc1cnc(C(=N)c2ccccc2N)s1. The molecule has 1 aromatic carbocycles. The molecular weight excluding hydrogens is 206 g/mol. The van der Waals surface area contributed by atoms with Crippen molar-refractivity contribution in [3.63, 3.8) is 0 Å². The van der Waals surface area contributed by atoms with E-state index in [1.165, 1.54) is 11.3 Å². The summed E-state index contributed by atoms with van der Waals surface area (Å²) < 4.78 is 0. The molecule has 1 heterocycles. The molecule has 0 radical (unpaired) electrons. The van der Waals surface area contributed by atoms with Crippen molar-refractivity contribution in [2.24, 2.45) is 0 Å². The van der Waals surface area contributed by atoms with Crippen LogP contribution in [0.25, 0.3) is 0 Å². The minimum Gasteiger partial charge on any atom is -0.398 e. The van der Waals surface area contributed by atoms with Crippen LogP contribution in [0.1, 0.15) is 15.4 Å². The van der Waals surface area contributed by atoms with Crippen LogP contribution in [0.2, 0.25) is 0 Å². The van der Waals surface area contributed by atoms with Gasteiger partial charge >= 0.3 is 0 Å². The molecule has 1 aromatic heterocycles. The molecule has 2 rings (SSSR count). The first-order chi connectivity index (χ1) is 7.18. The zero-order valence-corrected chi connectivity index (χ0v) is 9.14. The standard InChI is InChI=1S/C11H11N3S/c1-7-6-14-11(15-7)10(13)8-4-2-3-5-9(8)12/h2-6,13H,12H2,1H3. The second kappa shape index (κ2) is 3.82. The van der Waals surface area contributed by atoms with Crippen molar-refractivity contribution in [1.29, 1.82) is 5.41 Å². The Morgan fingerprint density at radius 2 is 2.13 bits per heavy atom. The van der Waals surface area contributed by atoms with Crippen molar-refractivity contribution in [3.05, 3.63) is 45.9 Å². The Morgan fingerprint density at radius 1 is 1.40 bits per heavy atom. The van der Waals surface area contributed by atoms with Crippen molar-refractivity contribution >= 4 is 22.7 Å². The summed E-state index contributed by atoms with van der Waals surface area (Å²) in [6.07, 6.45) is 1.77. The molecule has 3 nitrogen and oxygen atoms in total. The highest BCUT2D eigenvalue weighted by molar-refractivity contribution is 7.13. The van der Waals surface area contributed by atoms with Crippen LogP contribution in [-0.4, -0.2) is 10.7 Å². The van der Waals surface area contributed by atoms with Gasteiger partial charge in [-0.3, -0.25) is 5.41 Å². The molecule has 2 aromatic rings. The topological polar surface area (TPSA) is 62.8 Å². The molecule has 0 fully saturated rings. The van der Waals surface area contributed by atoms with Gasteiger partial charge in [0.15, 0.2) is 0 Å². The van der Waals surface area contributed by atoms with E-state index in [-0.39, 0.29) is 0 Å². The number of thiazole rings is 1. The van der Waals surface area contributed by atoms with E-state index in [0.29, 0.717) is 16.4 Å². The van der Waals surface area contributed by atoms with E-state index >= 15 is 0 Å². The molecule has 0 spiro atoms. The molecule has 4 heteroatoms. The van der Waals surface area contributed by atoms with Crippen LogP contribution < -0.4 is 5.73 Å². The Balaban J connectivity index is 2.41. The largest absolute Gasteiger partial charge is 0.398 e. The fraction of sp³-hybridized carbons (Fsp3) is 0.0909. The van der Waals surface area contributed by atoms with E-state index in [4.69, 9.17) is 11.1 Å². The van der Waals surface area contributed by atoms with Gasteiger partial charge in [0.2, 0.25) is 0 Å². The predicted molar refractivity (Wildman–Crippen MR) is 63.6 cm³/mol. The molecule has 0 saturated carbocycles. The monoisotopic (exact) mass is 217 g/mol. The maximum absolute atomic E-state index is 7.99. The smallest absolute Gasteiger partial charge is 0.142 e. The molecule has 0 aliphatic carbocycles. The average Bonchev–Trinajstić information content (AvgIpc) is 2.65. The highest BCUT2D eigenvalue weighted by Gasteiger charge is 2.10. The summed E-state index contributed by atoms with van der Waals surface area (Å²) in [7, 11) is 0. The molecule has 0 atom stereocenters. The Hall–Kier alpha value is -1.68. The summed E-state index contributed by atoms with van der Waals surface area (Å²) in [5.41, 5.74) is 7.56. The van der Waals surface area contributed by atoms with E-state index in [9.17, 15) is 0 Å². The van der Waals surface area contributed by atoms with Crippen LogP contribution in [0.4, 0.5) is 5.69 Å². The summed E-state index contributed by atoms with van der Waals surface area (Å²) in [5.74, 6) is 0. The molecule has 76 valence electrons. The lowest BCUT2D eigenvalue weighted by Gasteiger charge is -2.03. The lowest BCUT2D eigenvalue weighted by Crippen LogP contribution is -2.04. The van der Waals surface area contributed by atoms with Gasteiger partial charge in [-0.05, 0) is 13.0 Å². The molecule has 15 heavy (non-hydrogen) atoms. The van der Waals surface area contributed by atoms with E-state index in [2.05, 4.69) is 4.98 Å². The summed E-state index contributed by atoms with van der Waals surface area (Å²) in [6, 6.07) is 7.37. The lowest BCUT2D eigenvalue weighted by atomic mass is 10.1. The zero-order chi connectivity index (χ0) is 10.8. The van der Waals surface area contributed by atoms with Gasteiger partial charge in [0.1, 0.15) is 5.01 Å². The number of aryl methyl sites for hydroxylation is 1. The predicted octanol–water partition coefficient (Wildman–Crippen LogP) is 2.45. The number of hydrogen-bond donors (Lipinski definition) is 2. The van der Waals surface area contributed by atoms with Gasteiger partial charge in [0.05, 0.1) is 5.71 Å². The second-order valence-corrected chi connectivity index (χ2v) is 4.47. The third-order valence-electron chi connectivity index (χ3n) is 2.07. The van der Waals surface area contributed by atoms with Gasteiger partial charge in [0.25, 0.3) is 0 Å². The number of nitrogens with zero attached hydrogens (tertiary/aromatic N) is 1. The van der Waals surface area contributed by atoms with E-state index in [0.717, 1.165) is 10.4 Å². The van der Waals surface area contributed by atoms with Crippen molar-refractivity contribution in [3.8, 4) is 0 Å². The second-order valence-electron chi connectivity index (χ2n) is 3.24. The third kappa shape index (κ3) is 1.89. The van der Waals surface area contributed by atoms with Gasteiger partial charge in [-0.25, -0.2) is 4.98 Å². The molecule has 0 amide bonds. The van der Waals surface area contributed by atoms with Crippen LogP contribution in [0.15, 0.2) is 30.5 Å². The van der Waals surface area contributed by atoms with Crippen molar-refractivity contribution < 1.29 is 0 Å². The molecule has 0 aliphatic heterocycles. The molecule has 3 N–H and O–H groups in total. The number of nitrogens with one attached hydrogen (secondary N) is 1. The summed E-state index contributed by atoms with van der Waals surface area (Å²) in [6.45, 7) is 1.97. The number of para-hydroxylation sites is 1. The Morgan fingerprint density at radius 3 is 2.73 bits per heavy atom. The summed E-state index contributed by atoms with van der Waals surface area (Å²) in [5, 5.41) is 8.71. The van der Waals surface area contributed by atoms with E-state index in [1.807, 2.05) is 25.1 Å². The zero-order valence-electron chi connectivity index (χ0n) is 8.32. The van der Waals surface area contributed by atoms with Gasteiger partial charge in [0, 0.05) is 22.3 Å². The van der Waals surface area contributed by atoms with Gasteiger partial charge in [-0.15, -0.1) is 11.3 Å². The average molecular weight is 217 g/mol. The number of benzene rings is 1. The Labute approximate surface area is 92.1 Å². The molecule has 0 bridgehead atoms. The van der Waals surface area contributed by atoms with Crippen LogP contribution in [-0.2, 0) is 0 Å². The van der Waals surface area contributed by atoms with Crippen LogP contribution >= 0.6 is 11.3 Å². The highest BCUT2D eigenvalue weighted by atomic mass is 32.1. The first-order valence-electron chi connectivity index (χ1n) is 4.54. The Kier molecular flexibility index (Phi) is 2.51. The number of nitrogens with two attached hydrogens (primary N) is 1. The highest BCUT2D eigenvalue weighted by Crippen LogP contribution is 2.19. The summed E-state index contributed by atoms with van der Waals surface area (Å²) >= 11 is 1.51. The fourth-order valence-electron chi connectivity index (χ4n) is 1.31. The van der Waals surface area contributed by atoms with Crippen molar-refractivity contribution in [2.45, 2.75) is 6.92 Å². The quantitative estimate of drug-likeness (QED) is 0.599. The van der Waals surface area contributed by atoms with E-state index in [1.54, 1.807) is 12.3 Å². The minimum absolute atomic E-state index is 0.395. The molecule has 0 unspecified atom stereocenters. The minimum atomic E-state index is 0.395. The summed E-state index contributed by atoms with van der Waals surface area (Å²) in [4.78, 5) is 5.27. The number of hydrogen-bond acceptors (Lipinski definition) is 4. The van der Waals surface area contributed by atoms with Gasteiger partial charge < -0.3 is 5.73 Å². The van der Waals surface area contributed by atoms with Crippen molar-refractivity contribution in [1.82, 2.24) is 4.98 Å². The first-order valence-corrected chi connectivity index (χ1v) is 5.36. The molecular formula is C11H11N3S. The normalized spacial score (nSPS) is 10.2. The maximum Gasteiger partial charge on any atom is 0.142 e. The number of anilines is 1. The third-order valence-corrected chi connectivity index (χ3v) is 3.00. The number of nitrogen functional groups attached to an aromatic ring is 1. The van der Waals surface area contributed by atoms with Crippen LogP contribution in [0.5, 0.6) is 0 Å². The number of rotatable bonds is 2. The lowest BCUT2D eigenvalue weighted by molar-refractivity contribution is 1.34. The maximum atomic E-state index is 7.99. The van der Waals surface area contributed by atoms with Crippen LogP contribution in [0.3, 0.4) is 0 Å². The van der Waals surface area contributed by atoms with Crippen molar-refractivity contribution in [2.75, 3.05) is 5.73 Å². The number of aromatic nitrogens is 1. The van der Waals surface area contributed by atoms with Gasteiger partial charge in [-0.1, -0.05) is 18.2 Å². The first kappa shape index (κ1) is 9.86. The van der Waals surface area contributed by atoms with Crippen LogP contribution in [0, 0.1) is 12.3 Å². The fourth-order valence-corrected chi connectivity index (χ4v) is 2.04. The molecule has 0 aliphatic rings. The Bertz CT molecular complexity index is 502. The molecule has 0 saturated heterocycles. The van der Waals surface area contributed by atoms with E-state index < -0.39 is 0 Å².